The Balaban J connectivity index is 1.85. The fourth-order valence-corrected chi connectivity index (χ4v) is 3.92. The van der Waals surface area contributed by atoms with Crippen molar-refractivity contribution in [2.75, 3.05) is 12.4 Å². The van der Waals surface area contributed by atoms with Crippen LogP contribution in [0, 0.1) is 13.8 Å². The van der Waals surface area contributed by atoms with Crippen LogP contribution in [0.25, 0.3) is 10.4 Å². The van der Waals surface area contributed by atoms with Crippen molar-refractivity contribution in [3.8, 4) is 10.4 Å². The largest absolute Gasteiger partial charge is 0.465 e. The summed E-state index contributed by atoms with van der Waals surface area (Å²) in [5.74, 6) is -0.617. The summed E-state index contributed by atoms with van der Waals surface area (Å²) in [5, 5.41) is 2.88. The van der Waals surface area contributed by atoms with Crippen LogP contribution in [0.3, 0.4) is 0 Å². The molecule has 0 saturated carbocycles. The van der Waals surface area contributed by atoms with E-state index in [9.17, 15) is 9.59 Å². The maximum Gasteiger partial charge on any atom is 0.350 e. The van der Waals surface area contributed by atoms with Crippen molar-refractivity contribution in [2.24, 2.45) is 0 Å². The number of amides is 1. The highest BCUT2D eigenvalue weighted by Gasteiger charge is 2.19. The highest BCUT2D eigenvalue weighted by Crippen LogP contribution is 2.35. The molecule has 0 aliphatic carbocycles. The summed E-state index contributed by atoms with van der Waals surface area (Å²) < 4.78 is 4.88. The van der Waals surface area contributed by atoms with Crippen LogP contribution < -0.4 is 5.32 Å². The van der Waals surface area contributed by atoms with E-state index in [1.807, 2.05) is 62.4 Å². The van der Waals surface area contributed by atoms with Gasteiger partial charge in [-0.15, -0.1) is 11.3 Å². The zero-order chi connectivity index (χ0) is 19.4. The smallest absolute Gasteiger partial charge is 0.350 e. The Morgan fingerprint density at radius 3 is 2.44 bits per heavy atom. The van der Waals surface area contributed by atoms with E-state index in [1.165, 1.54) is 18.4 Å². The molecule has 0 saturated heterocycles. The Hall–Kier alpha value is -2.92. The van der Waals surface area contributed by atoms with Gasteiger partial charge in [-0.05, 0) is 36.6 Å². The number of ether oxygens (including phenoxy) is 1. The van der Waals surface area contributed by atoms with E-state index < -0.39 is 5.97 Å². The topological polar surface area (TPSA) is 55.4 Å². The molecule has 2 aromatic carbocycles. The quantitative estimate of drug-likeness (QED) is 0.635. The summed E-state index contributed by atoms with van der Waals surface area (Å²) in [6, 6.07) is 17.6. The summed E-state index contributed by atoms with van der Waals surface area (Å²) in [6.07, 6.45) is 0.253. The first kappa shape index (κ1) is 18.9. The molecule has 0 aliphatic heterocycles. The molecule has 1 amide bonds. The number of benzene rings is 2. The van der Waals surface area contributed by atoms with Gasteiger partial charge in [0.25, 0.3) is 0 Å². The van der Waals surface area contributed by atoms with Gasteiger partial charge in [-0.1, -0.05) is 54.1 Å². The molecule has 0 aliphatic rings. The first-order chi connectivity index (χ1) is 13.0. The SMILES string of the molecule is COC(=O)c1sc(-c2ccccc2)cc1NC(=O)Cc1ccc(C)cc1C. The van der Waals surface area contributed by atoms with Crippen molar-refractivity contribution >= 4 is 28.9 Å². The van der Waals surface area contributed by atoms with Gasteiger partial charge in [-0.3, -0.25) is 4.79 Å². The van der Waals surface area contributed by atoms with Gasteiger partial charge in [0.05, 0.1) is 19.2 Å². The highest BCUT2D eigenvalue weighted by molar-refractivity contribution is 7.18. The summed E-state index contributed by atoms with van der Waals surface area (Å²) in [4.78, 5) is 26.0. The lowest BCUT2D eigenvalue weighted by Gasteiger charge is -2.08. The van der Waals surface area contributed by atoms with Crippen molar-refractivity contribution in [3.05, 3.63) is 76.2 Å². The molecule has 4 nitrogen and oxygen atoms in total. The van der Waals surface area contributed by atoms with Crippen LogP contribution >= 0.6 is 11.3 Å². The monoisotopic (exact) mass is 379 g/mol. The van der Waals surface area contributed by atoms with Crippen LogP contribution in [0.4, 0.5) is 5.69 Å². The number of anilines is 1. The van der Waals surface area contributed by atoms with Crippen LogP contribution in [-0.2, 0) is 16.0 Å². The maximum absolute atomic E-state index is 12.6. The van der Waals surface area contributed by atoms with Crippen molar-refractivity contribution in [3.63, 3.8) is 0 Å². The summed E-state index contributed by atoms with van der Waals surface area (Å²) >= 11 is 1.31. The predicted octanol–water partition coefficient (Wildman–Crippen LogP) is 5.00. The van der Waals surface area contributed by atoms with Gasteiger partial charge >= 0.3 is 5.97 Å². The average molecular weight is 379 g/mol. The van der Waals surface area contributed by atoms with Gasteiger partial charge in [-0.2, -0.15) is 0 Å². The van der Waals surface area contributed by atoms with Gasteiger partial charge in [0, 0.05) is 4.88 Å². The number of hydrogen-bond donors (Lipinski definition) is 1. The van der Waals surface area contributed by atoms with E-state index in [2.05, 4.69) is 11.4 Å². The molecule has 1 aromatic heterocycles. The molecule has 138 valence electrons. The summed E-state index contributed by atoms with van der Waals surface area (Å²) in [6.45, 7) is 4.02. The van der Waals surface area contributed by atoms with Gasteiger partial charge in [-0.25, -0.2) is 4.79 Å². The molecule has 0 atom stereocenters. The molecule has 0 radical (unpaired) electrons. The Labute approximate surface area is 162 Å². The third-order valence-corrected chi connectivity index (χ3v) is 5.45. The number of thiophene rings is 1. The van der Waals surface area contributed by atoms with Crippen molar-refractivity contribution in [2.45, 2.75) is 20.3 Å². The molecular weight excluding hydrogens is 358 g/mol. The zero-order valence-corrected chi connectivity index (χ0v) is 16.4. The normalized spacial score (nSPS) is 10.5. The van der Waals surface area contributed by atoms with E-state index in [4.69, 9.17) is 4.74 Å². The number of carbonyl (C=O) groups excluding carboxylic acids is 2. The van der Waals surface area contributed by atoms with Crippen LogP contribution in [0.15, 0.2) is 54.6 Å². The molecule has 0 unspecified atom stereocenters. The number of methoxy groups -OCH3 is 1. The minimum Gasteiger partial charge on any atom is -0.465 e. The minimum atomic E-state index is -0.455. The predicted molar refractivity (Wildman–Crippen MR) is 109 cm³/mol. The Kier molecular flexibility index (Phi) is 5.72. The molecule has 1 N–H and O–H groups in total. The lowest BCUT2D eigenvalue weighted by molar-refractivity contribution is -0.115. The number of aryl methyl sites for hydroxylation is 2. The maximum atomic E-state index is 12.6. The van der Waals surface area contributed by atoms with Crippen molar-refractivity contribution in [1.29, 1.82) is 0 Å². The fourth-order valence-electron chi connectivity index (χ4n) is 2.88. The van der Waals surface area contributed by atoms with Crippen molar-refractivity contribution in [1.82, 2.24) is 0 Å². The van der Waals surface area contributed by atoms with Crippen LogP contribution in [0.1, 0.15) is 26.4 Å². The van der Waals surface area contributed by atoms with Gasteiger partial charge in [0.15, 0.2) is 0 Å². The van der Waals surface area contributed by atoms with Gasteiger partial charge in [0.1, 0.15) is 4.88 Å². The second-order valence-electron chi connectivity index (χ2n) is 6.37. The standard InChI is InChI=1S/C22H21NO3S/c1-14-9-10-17(15(2)11-14)12-20(24)23-18-13-19(16-7-5-4-6-8-16)27-21(18)22(25)26-3/h4-11,13H,12H2,1-3H3,(H,23,24). The first-order valence-electron chi connectivity index (χ1n) is 8.61. The molecule has 3 rings (SSSR count). The molecule has 5 heteroatoms. The van der Waals surface area contributed by atoms with Crippen LogP contribution in [0.2, 0.25) is 0 Å². The second kappa shape index (κ2) is 8.18. The Bertz CT molecular complexity index is 976. The Morgan fingerprint density at radius 1 is 1.04 bits per heavy atom. The second-order valence-corrected chi connectivity index (χ2v) is 7.42. The lowest BCUT2D eigenvalue weighted by Crippen LogP contribution is -2.16. The fraction of sp³-hybridized carbons (Fsp3) is 0.182. The number of nitrogens with one attached hydrogen (secondary N) is 1. The minimum absolute atomic E-state index is 0.162. The molecule has 0 fully saturated rings. The number of carbonyl (C=O) groups is 2. The van der Waals surface area contributed by atoms with E-state index in [1.54, 1.807) is 0 Å². The third-order valence-electron chi connectivity index (χ3n) is 4.28. The number of hydrogen-bond acceptors (Lipinski definition) is 4. The molecule has 3 aromatic rings. The molecule has 0 bridgehead atoms. The Morgan fingerprint density at radius 2 is 1.78 bits per heavy atom. The molecule has 27 heavy (non-hydrogen) atoms. The van der Waals surface area contributed by atoms with E-state index >= 15 is 0 Å². The molecule has 1 heterocycles. The van der Waals surface area contributed by atoms with E-state index in [0.29, 0.717) is 10.6 Å². The van der Waals surface area contributed by atoms with E-state index in [-0.39, 0.29) is 12.3 Å². The lowest BCUT2D eigenvalue weighted by atomic mass is 10.0. The van der Waals surface area contributed by atoms with Crippen LogP contribution in [-0.4, -0.2) is 19.0 Å². The first-order valence-corrected chi connectivity index (χ1v) is 9.43. The summed E-state index contributed by atoms with van der Waals surface area (Å²) in [5.41, 5.74) is 4.68. The van der Waals surface area contributed by atoms with Gasteiger partial charge < -0.3 is 10.1 Å². The highest BCUT2D eigenvalue weighted by atomic mass is 32.1. The zero-order valence-electron chi connectivity index (χ0n) is 15.5. The van der Waals surface area contributed by atoms with Gasteiger partial charge in [0.2, 0.25) is 5.91 Å². The van der Waals surface area contributed by atoms with Crippen LogP contribution in [0.5, 0.6) is 0 Å². The molecule has 0 spiro atoms. The number of esters is 1. The van der Waals surface area contributed by atoms with Crippen molar-refractivity contribution < 1.29 is 14.3 Å². The average Bonchev–Trinajstić information content (AvgIpc) is 3.08. The summed E-state index contributed by atoms with van der Waals surface area (Å²) in [7, 11) is 1.34. The van der Waals surface area contributed by atoms with E-state index in [0.717, 1.165) is 27.1 Å². The third kappa shape index (κ3) is 4.44. The molecular formula is C22H21NO3S. The number of rotatable bonds is 5.